The first kappa shape index (κ1) is 27.4. The molecule has 2 heterocycles. The molecule has 0 unspecified atom stereocenters. The minimum Gasteiger partial charge on any atom is -0.309 e. The van der Waals surface area contributed by atoms with E-state index in [1.807, 2.05) is 48.5 Å². The Kier molecular flexibility index (Phi) is 6.22. The minimum atomic E-state index is 0.586. The summed E-state index contributed by atoms with van der Waals surface area (Å²) in [5.74, 6) is 0. The lowest BCUT2D eigenvalue weighted by molar-refractivity contribution is 1.17. The topological polar surface area (TPSA) is 57.4 Å². The fourth-order valence-electron chi connectivity index (χ4n) is 7.30. The Morgan fingerprint density at radius 1 is 0.354 bits per heavy atom. The third-order valence-corrected chi connectivity index (χ3v) is 9.43. The third-order valence-electron chi connectivity index (χ3n) is 9.43. The molecule has 0 saturated carbocycles. The Morgan fingerprint density at radius 3 is 1.33 bits per heavy atom. The van der Waals surface area contributed by atoms with Crippen LogP contribution in [0.1, 0.15) is 11.1 Å². The van der Waals surface area contributed by atoms with Gasteiger partial charge in [0.1, 0.15) is 6.07 Å². The Morgan fingerprint density at radius 2 is 0.792 bits per heavy atom. The maximum atomic E-state index is 10.5. The van der Waals surface area contributed by atoms with Crippen LogP contribution in [0.4, 0.5) is 0 Å². The van der Waals surface area contributed by atoms with Gasteiger partial charge in [0.25, 0.3) is 0 Å². The summed E-state index contributed by atoms with van der Waals surface area (Å²) in [6, 6.07) is 58.8. The van der Waals surface area contributed by atoms with Gasteiger partial charge in [-0.15, -0.1) is 0 Å². The van der Waals surface area contributed by atoms with Crippen LogP contribution in [0, 0.1) is 22.7 Å². The van der Waals surface area contributed by atoms with Gasteiger partial charge < -0.3 is 9.13 Å². The average molecular weight is 611 g/mol. The molecule has 0 amide bonds. The number of para-hydroxylation sites is 5. The highest BCUT2D eigenvalue weighted by atomic mass is 15.0. The molecule has 2 aromatic heterocycles. The lowest BCUT2D eigenvalue weighted by atomic mass is 9.93. The van der Waals surface area contributed by atoms with Gasteiger partial charge in [-0.25, -0.2) is 0 Å². The first-order valence-corrected chi connectivity index (χ1v) is 15.9. The van der Waals surface area contributed by atoms with E-state index >= 15 is 0 Å². The Bertz CT molecular complexity index is 2710. The summed E-state index contributed by atoms with van der Waals surface area (Å²) < 4.78 is 4.47. The van der Waals surface area contributed by atoms with Crippen LogP contribution in [0.25, 0.3) is 77.2 Å². The zero-order valence-electron chi connectivity index (χ0n) is 25.8. The van der Waals surface area contributed by atoms with Gasteiger partial charge in [0.2, 0.25) is 0 Å². The molecule has 0 aliphatic heterocycles. The molecule has 0 aliphatic carbocycles. The second-order valence-electron chi connectivity index (χ2n) is 12.0. The van der Waals surface area contributed by atoms with E-state index < -0.39 is 0 Å². The van der Waals surface area contributed by atoms with Crippen molar-refractivity contribution in [2.24, 2.45) is 0 Å². The normalized spacial score (nSPS) is 11.3. The lowest BCUT2D eigenvalue weighted by Crippen LogP contribution is -1.99. The van der Waals surface area contributed by atoms with E-state index in [4.69, 9.17) is 0 Å². The Labute approximate surface area is 277 Å². The molecule has 9 aromatic rings. The van der Waals surface area contributed by atoms with Gasteiger partial charge in [-0.2, -0.15) is 10.5 Å². The molecule has 7 aromatic carbocycles. The van der Waals surface area contributed by atoms with Crippen molar-refractivity contribution in [1.82, 2.24) is 9.13 Å². The number of nitrogens with zero attached hydrogens (tertiary/aromatic N) is 4. The molecule has 0 spiro atoms. The molecule has 48 heavy (non-hydrogen) atoms. The molecule has 0 bridgehead atoms. The smallest absolute Gasteiger partial charge is 0.101 e. The van der Waals surface area contributed by atoms with Gasteiger partial charge in [-0.05, 0) is 59.7 Å². The van der Waals surface area contributed by atoms with Crippen LogP contribution in [0.15, 0.2) is 158 Å². The van der Waals surface area contributed by atoms with Crippen LogP contribution in [0.3, 0.4) is 0 Å². The zero-order valence-corrected chi connectivity index (χ0v) is 25.8. The van der Waals surface area contributed by atoms with Crippen LogP contribution in [-0.2, 0) is 0 Å². The van der Waals surface area contributed by atoms with Crippen LogP contribution in [0.5, 0.6) is 0 Å². The SMILES string of the molecule is N#Cc1cc(-c2ccc(C#N)c(-n3c4ccccc4c4ccccc43)c2)ccc1-c1ccccc1-n1c2ccccc2c2ccccc21. The van der Waals surface area contributed by atoms with Crippen LogP contribution < -0.4 is 0 Å². The summed E-state index contributed by atoms with van der Waals surface area (Å²) >= 11 is 0. The molecule has 0 fully saturated rings. The molecule has 0 saturated heterocycles. The van der Waals surface area contributed by atoms with Crippen LogP contribution in [-0.4, -0.2) is 9.13 Å². The minimum absolute atomic E-state index is 0.586. The maximum Gasteiger partial charge on any atom is 0.101 e. The molecular formula is C44H26N4. The Balaban J connectivity index is 1.22. The van der Waals surface area contributed by atoms with Crippen molar-refractivity contribution >= 4 is 43.6 Å². The fraction of sp³-hybridized carbons (Fsp3) is 0. The van der Waals surface area contributed by atoms with Crippen molar-refractivity contribution in [3.63, 3.8) is 0 Å². The first-order chi connectivity index (χ1) is 23.7. The van der Waals surface area contributed by atoms with E-state index in [-0.39, 0.29) is 0 Å². The van der Waals surface area contributed by atoms with Crippen molar-refractivity contribution in [2.45, 2.75) is 0 Å². The predicted octanol–water partition coefficient (Wildman–Crippen LogP) is 11.0. The summed E-state index contributed by atoms with van der Waals surface area (Å²) in [5, 5.41) is 25.4. The summed E-state index contributed by atoms with van der Waals surface area (Å²) in [6.07, 6.45) is 0. The predicted molar refractivity (Wildman–Crippen MR) is 195 cm³/mol. The quantitative estimate of drug-likeness (QED) is 0.199. The summed E-state index contributed by atoms with van der Waals surface area (Å²) in [6.45, 7) is 0. The van der Waals surface area contributed by atoms with Crippen LogP contribution in [0.2, 0.25) is 0 Å². The number of fused-ring (bicyclic) bond motifs is 6. The largest absolute Gasteiger partial charge is 0.309 e. The van der Waals surface area contributed by atoms with Gasteiger partial charge in [-0.3, -0.25) is 0 Å². The maximum absolute atomic E-state index is 10.5. The average Bonchev–Trinajstić information content (AvgIpc) is 3.67. The highest BCUT2D eigenvalue weighted by Gasteiger charge is 2.19. The van der Waals surface area contributed by atoms with Crippen molar-refractivity contribution < 1.29 is 0 Å². The van der Waals surface area contributed by atoms with Crippen molar-refractivity contribution in [3.8, 4) is 45.8 Å². The number of aromatic nitrogens is 2. The number of hydrogen-bond acceptors (Lipinski definition) is 2. The molecule has 222 valence electrons. The summed E-state index contributed by atoms with van der Waals surface area (Å²) in [4.78, 5) is 0. The highest BCUT2D eigenvalue weighted by Crippen LogP contribution is 2.39. The molecule has 0 radical (unpaired) electrons. The number of rotatable bonds is 4. The van der Waals surface area contributed by atoms with E-state index in [9.17, 15) is 10.5 Å². The molecule has 0 atom stereocenters. The monoisotopic (exact) mass is 610 g/mol. The van der Waals surface area contributed by atoms with Crippen molar-refractivity contribution in [1.29, 1.82) is 10.5 Å². The summed E-state index contributed by atoms with van der Waals surface area (Å²) in [7, 11) is 0. The van der Waals surface area contributed by atoms with Gasteiger partial charge >= 0.3 is 0 Å². The molecule has 4 heteroatoms. The van der Waals surface area contributed by atoms with E-state index in [0.29, 0.717) is 11.1 Å². The second kappa shape index (κ2) is 10.9. The van der Waals surface area contributed by atoms with Crippen molar-refractivity contribution in [2.75, 3.05) is 0 Å². The van der Waals surface area contributed by atoms with Gasteiger partial charge in [0.15, 0.2) is 0 Å². The van der Waals surface area contributed by atoms with Crippen LogP contribution >= 0.6 is 0 Å². The molecule has 0 aliphatic rings. The second-order valence-corrected chi connectivity index (χ2v) is 12.0. The summed E-state index contributed by atoms with van der Waals surface area (Å²) in [5.41, 5.74) is 11.0. The lowest BCUT2D eigenvalue weighted by Gasteiger charge is -2.16. The number of nitriles is 2. The van der Waals surface area contributed by atoms with E-state index in [0.717, 1.165) is 66.5 Å². The third kappa shape index (κ3) is 4.07. The zero-order chi connectivity index (χ0) is 32.2. The van der Waals surface area contributed by atoms with Gasteiger partial charge in [0.05, 0.1) is 50.6 Å². The first-order valence-electron chi connectivity index (χ1n) is 15.9. The standard InChI is InChI=1S/C44H26N4/c45-27-31-22-21-30(26-44(31)48-42-19-9-4-14-37(42)38-15-5-10-20-43(38)48)29-23-24-33(32(25-29)28-46)34-11-1-6-16-39(34)47-40-17-7-2-12-35(40)36-13-3-8-18-41(36)47/h1-26H. The fourth-order valence-corrected chi connectivity index (χ4v) is 7.30. The number of hydrogen-bond donors (Lipinski definition) is 0. The van der Waals surface area contributed by atoms with E-state index in [2.05, 4.69) is 130 Å². The molecule has 4 nitrogen and oxygen atoms in total. The highest BCUT2D eigenvalue weighted by molar-refractivity contribution is 6.10. The Hall–Kier alpha value is -6.88. The molecular weight excluding hydrogens is 585 g/mol. The molecule has 0 N–H and O–H groups in total. The van der Waals surface area contributed by atoms with Gasteiger partial charge in [0, 0.05) is 32.7 Å². The number of benzene rings is 7. The molecule has 9 rings (SSSR count). The van der Waals surface area contributed by atoms with E-state index in [1.54, 1.807) is 0 Å². The van der Waals surface area contributed by atoms with Crippen molar-refractivity contribution in [3.05, 3.63) is 169 Å². The van der Waals surface area contributed by atoms with Gasteiger partial charge in [-0.1, -0.05) is 109 Å². The van der Waals surface area contributed by atoms with E-state index in [1.165, 1.54) is 10.8 Å².